The Morgan fingerprint density at radius 1 is 0.964 bits per heavy atom. The van der Waals surface area contributed by atoms with Crippen molar-refractivity contribution >= 4 is 17.3 Å². The first-order valence-corrected chi connectivity index (χ1v) is 11.5. The third-order valence-corrected chi connectivity index (χ3v) is 6.13. The number of aryl methyl sites for hydroxylation is 1. The van der Waals surface area contributed by atoms with Gasteiger partial charge in [-0.25, -0.2) is 0 Å². The Morgan fingerprint density at radius 2 is 1.75 bits per heavy atom. The molecule has 1 N–H and O–H groups in total. The van der Waals surface area contributed by atoms with Crippen molar-refractivity contribution in [2.75, 3.05) is 5.32 Å². The maximum Gasteiger partial charge on any atom is 0.155 e. The molecule has 3 nitrogen and oxygen atoms in total. The monoisotopic (exact) mass is 385 g/mol. The lowest BCUT2D eigenvalue weighted by Crippen LogP contribution is -2.31. The number of benzene rings is 1. The number of unbranched alkanes of at least 4 members (excludes halogenated alkanes) is 2. The molecule has 2 unspecified atom stereocenters. The highest BCUT2D eigenvalue weighted by molar-refractivity contribution is 5.89. The van der Waals surface area contributed by atoms with Gasteiger partial charge < -0.3 is 5.32 Å². The lowest BCUT2D eigenvalue weighted by atomic mass is 9.93. The Bertz CT molecular complexity index is 593. The van der Waals surface area contributed by atoms with Crippen LogP contribution in [0.15, 0.2) is 24.3 Å². The van der Waals surface area contributed by atoms with E-state index in [2.05, 4.69) is 43.4 Å². The van der Waals surface area contributed by atoms with Gasteiger partial charge in [0, 0.05) is 24.9 Å². The lowest BCUT2D eigenvalue weighted by molar-refractivity contribution is -0.123. The van der Waals surface area contributed by atoms with Gasteiger partial charge in [-0.2, -0.15) is 0 Å². The second-order valence-corrected chi connectivity index (χ2v) is 8.45. The van der Waals surface area contributed by atoms with Crippen LogP contribution in [0.25, 0.3) is 0 Å². The zero-order valence-corrected chi connectivity index (χ0v) is 18.0. The molecule has 1 aromatic rings. The zero-order chi connectivity index (χ0) is 20.2. The van der Waals surface area contributed by atoms with Crippen LogP contribution in [0.5, 0.6) is 0 Å². The minimum absolute atomic E-state index is 0.218. The summed E-state index contributed by atoms with van der Waals surface area (Å²) in [5.74, 6) is 1.45. The first-order valence-electron chi connectivity index (χ1n) is 11.5. The standard InChI is InChI=1S/C25H39NO2/c1-3-9-20(4-2)10-6-5-7-11-21-14-16-22(17-15-21)26-24-19-18-23(27)12-8-13-25(24)28/h14-17,20,24,26H,3-13,18-19H2,1-2H3. The number of hydrogen-bond acceptors (Lipinski definition) is 3. The zero-order valence-electron chi connectivity index (χ0n) is 18.0. The summed E-state index contributed by atoms with van der Waals surface area (Å²) in [6.07, 6.45) is 13.3. The minimum atomic E-state index is -0.218. The Hall–Kier alpha value is -1.64. The van der Waals surface area contributed by atoms with E-state index in [0.29, 0.717) is 32.1 Å². The molecule has 1 aliphatic rings. The van der Waals surface area contributed by atoms with Crippen molar-refractivity contribution in [1.29, 1.82) is 0 Å². The highest BCUT2D eigenvalue weighted by atomic mass is 16.1. The molecule has 0 saturated heterocycles. The summed E-state index contributed by atoms with van der Waals surface area (Å²) in [4.78, 5) is 24.0. The van der Waals surface area contributed by atoms with Crippen LogP contribution in [0.4, 0.5) is 5.69 Å². The summed E-state index contributed by atoms with van der Waals surface area (Å²) in [6.45, 7) is 4.60. The van der Waals surface area contributed by atoms with E-state index in [1.54, 1.807) is 0 Å². The molecular weight excluding hydrogens is 346 g/mol. The van der Waals surface area contributed by atoms with Crippen LogP contribution >= 0.6 is 0 Å². The molecule has 2 rings (SSSR count). The summed E-state index contributed by atoms with van der Waals surface area (Å²) < 4.78 is 0. The summed E-state index contributed by atoms with van der Waals surface area (Å²) in [6, 6.07) is 8.29. The summed E-state index contributed by atoms with van der Waals surface area (Å²) in [7, 11) is 0. The second kappa shape index (κ2) is 12.7. The predicted molar refractivity (Wildman–Crippen MR) is 118 cm³/mol. The van der Waals surface area contributed by atoms with Crippen LogP contribution in [0.2, 0.25) is 0 Å². The molecular formula is C25H39NO2. The van der Waals surface area contributed by atoms with E-state index in [9.17, 15) is 9.59 Å². The van der Waals surface area contributed by atoms with Crippen molar-refractivity contribution in [3.63, 3.8) is 0 Å². The van der Waals surface area contributed by atoms with Crippen LogP contribution in [0, 0.1) is 5.92 Å². The maximum absolute atomic E-state index is 12.3. The van der Waals surface area contributed by atoms with Crippen LogP contribution in [-0.4, -0.2) is 17.6 Å². The number of carbonyl (C=O) groups is 2. The van der Waals surface area contributed by atoms with Gasteiger partial charge in [-0.3, -0.25) is 9.59 Å². The van der Waals surface area contributed by atoms with Crippen molar-refractivity contribution in [2.45, 2.75) is 103 Å². The van der Waals surface area contributed by atoms with Crippen molar-refractivity contribution < 1.29 is 9.59 Å². The number of nitrogens with one attached hydrogen (secondary N) is 1. The van der Waals surface area contributed by atoms with Crippen LogP contribution in [0.1, 0.15) is 96.5 Å². The molecule has 1 aliphatic carbocycles. The Kier molecular flexibility index (Phi) is 10.3. The molecule has 1 fully saturated rings. The number of Topliss-reactive ketones (excluding diaryl/α,β-unsaturated/α-hetero) is 2. The largest absolute Gasteiger partial charge is 0.375 e. The lowest BCUT2D eigenvalue weighted by Gasteiger charge is -2.20. The number of anilines is 1. The van der Waals surface area contributed by atoms with Crippen molar-refractivity contribution in [3.05, 3.63) is 29.8 Å². The van der Waals surface area contributed by atoms with Crippen molar-refractivity contribution in [3.8, 4) is 0 Å². The number of ketones is 2. The second-order valence-electron chi connectivity index (χ2n) is 8.45. The van der Waals surface area contributed by atoms with Gasteiger partial charge in [0.1, 0.15) is 5.78 Å². The first kappa shape index (κ1) is 22.6. The van der Waals surface area contributed by atoms with E-state index in [1.165, 1.54) is 50.5 Å². The molecule has 156 valence electrons. The van der Waals surface area contributed by atoms with E-state index < -0.39 is 0 Å². The quantitative estimate of drug-likeness (QED) is 0.442. The number of rotatable bonds is 11. The average Bonchev–Trinajstić information content (AvgIpc) is 2.70. The molecule has 0 radical (unpaired) electrons. The molecule has 0 aromatic heterocycles. The van der Waals surface area contributed by atoms with Gasteiger partial charge in [0.05, 0.1) is 6.04 Å². The molecule has 1 saturated carbocycles. The number of carbonyl (C=O) groups excluding carboxylic acids is 2. The molecule has 1 aromatic carbocycles. The van der Waals surface area contributed by atoms with Crippen LogP contribution in [0.3, 0.4) is 0 Å². The minimum Gasteiger partial charge on any atom is -0.375 e. The molecule has 0 aliphatic heterocycles. The first-order chi connectivity index (χ1) is 13.6. The number of hydrogen-bond donors (Lipinski definition) is 1. The maximum atomic E-state index is 12.3. The molecule has 0 bridgehead atoms. The Labute approximate surface area is 171 Å². The third kappa shape index (κ3) is 8.16. The molecule has 28 heavy (non-hydrogen) atoms. The van der Waals surface area contributed by atoms with Crippen LogP contribution < -0.4 is 5.32 Å². The van der Waals surface area contributed by atoms with Gasteiger partial charge in [0.25, 0.3) is 0 Å². The fraction of sp³-hybridized carbons (Fsp3) is 0.680. The van der Waals surface area contributed by atoms with E-state index in [1.807, 2.05) is 0 Å². The van der Waals surface area contributed by atoms with E-state index in [4.69, 9.17) is 0 Å². The van der Waals surface area contributed by atoms with E-state index in [-0.39, 0.29) is 17.6 Å². The van der Waals surface area contributed by atoms with Gasteiger partial charge >= 0.3 is 0 Å². The van der Waals surface area contributed by atoms with Gasteiger partial charge in [-0.05, 0) is 49.3 Å². The fourth-order valence-corrected chi connectivity index (χ4v) is 4.25. The van der Waals surface area contributed by atoms with Gasteiger partial charge in [-0.15, -0.1) is 0 Å². The topological polar surface area (TPSA) is 46.2 Å². The summed E-state index contributed by atoms with van der Waals surface area (Å²) in [5.41, 5.74) is 2.35. The van der Waals surface area contributed by atoms with E-state index >= 15 is 0 Å². The smallest absolute Gasteiger partial charge is 0.155 e. The van der Waals surface area contributed by atoms with Gasteiger partial charge in [-0.1, -0.05) is 64.5 Å². The molecule has 0 amide bonds. The normalized spacial score (nSPS) is 19.1. The van der Waals surface area contributed by atoms with Crippen molar-refractivity contribution in [1.82, 2.24) is 0 Å². The molecule has 0 heterocycles. The molecule has 2 atom stereocenters. The third-order valence-electron chi connectivity index (χ3n) is 6.13. The SMILES string of the molecule is CCCC(CC)CCCCCc1ccc(NC2CCC(=O)CCCC2=O)cc1. The van der Waals surface area contributed by atoms with Gasteiger partial charge in [0.15, 0.2) is 5.78 Å². The predicted octanol–water partition coefficient (Wildman–Crippen LogP) is 6.50. The van der Waals surface area contributed by atoms with Crippen molar-refractivity contribution in [2.24, 2.45) is 5.92 Å². The van der Waals surface area contributed by atoms with Crippen LogP contribution in [-0.2, 0) is 16.0 Å². The molecule has 3 heteroatoms. The average molecular weight is 386 g/mol. The Morgan fingerprint density at radius 3 is 2.46 bits per heavy atom. The van der Waals surface area contributed by atoms with E-state index in [0.717, 1.165) is 18.0 Å². The Balaban J connectivity index is 1.72. The highest BCUT2D eigenvalue weighted by Gasteiger charge is 2.22. The summed E-state index contributed by atoms with van der Waals surface area (Å²) in [5, 5.41) is 3.35. The van der Waals surface area contributed by atoms with Gasteiger partial charge in [0.2, 0.25) is 0 Å². The fourth-order valence-electron chi connectivity index (χ4n) is 4.25. The molecule has 0 spiro atoms. The highest BCUT2D eigenvalue weighted by Crippen LogP contribution is 2.21. The summed E-state index contributed by atoms with van der Waals surface area (Å²) >= 11 is 0.